The largest absolute Gasteiger partial charge is 0.491 e. The minimum atomic E-state index is -0.366. The average Bonchev–Trinajstić information content (AvgIpc) is 2.67. The molecule has 0 amide bonds. The van der Waals surface area contributed by atoms with Crippen molar-refractivity contribution in [2.24, 2.45) is 0 Å². The van der Waals surface area contributed by atoms with Crippen molar-refractivity contribution in [3.05, 3.63) is 29.8 Å². The highest BCUT2D eigenvalue weighted by atomic mass is 16.5. The fourth-order valence-corrected chi connectivity index (χ4v) is 3.95. The molecular weight excluding hydrogens is 306 g/mol. The highest BCUT2D eigenvalue weighted by Gasteiger charge is 2.45. The van der Waals surface area contributed by atoms with E-state index in [1.54, 1.807) is 0 Å². The first kappa shape index (κ1) is 17.4. The molecule has 0 bridgehead atoms. The van der Waals surface area contributed by atoms with Gasteiger partial charge in [0.25, 0.3) is 0 Å². The lowest BCUT2D eigenvalue weighted by Crippen LogP contribution is -2.59. The van der Waals surface area contributed by atoms with Crippen molar-refractivity contribution in [3.63, 3.8) is 0 Å². The molecule has 5 heteroatoms. The number of aliphatic hydroxyl groups excluding tert-OH is 1. The van der Waals surface area contributed by atoms with Crippen molar-refractivity contribution in [2.75, 3.05) is 39.5 Å². The predicted octanol–water partition coefficient (Wildman–Crippen LogP) is 2.28. The molecule has 5 nitrogen and oxygen atoms in total. The number of carbonyl (C=O) groups excluding carboxylic acids is 1. The van der Waals surface area contributed by atoms with Crippen LogP contribution in [-0.2, 0) is 4.74 Å². The number of hydrogen-bond donors (Lipinski definition) is 1. The van der Waals surface area contributed by atoms with Crippen LogP contribution in [0.5, 0.6) is 5.75 Å². The van der Waals surface area contributed by atoms with E-state index in [1.165, 1.54) is 6.42 Å². The standard InChI is InChI=1S/C19H27NO4/c21-12-15-24-17-6-4-16(5-7-17)18(22)19(8-2-1-3-9-19)20-10-13-23-14-11-20/h4-7,21H,1-3,8-15H2. The van der Waals surface area contributed by atoms with E-state index in [4.69, 9.17) is 14.6 Å². The minimum Gasteiger partial charge on any atom is -0.491 e. The zero-order valence-corrected chi connectivity index (χ0v) is 14.2. The SMILES string of the molecule is O=C(c1ccc(OCCO)cc1)C1(N2CCOCC2)CCCCC1. The fraction of sp³-hybridized carbons (Fsp3) is 0.632. The van der Waals surface area contributed by atoms with Crippen molar-refractivity contribution in [1.29, 1.82) is 0 Å². The van der Waals surface area contributed by atoms with Gasteiger partial charge in [-0.15, -0.1) is 0 Å². The Bertz CT molecular complexity index is 531. The van der Waals surface area contributed by atoms with Crippen molar-refractivity contribution < 1.29 is 19.4 Å². The monoisotopic (exact) mass is 333 g/mol. The summed E-state index contributed by atoms with van der Waals surface area (Å²) in [4.78, 5) is 15.7. The zero-order chi connectivity index (χ0) is 16.8. The smallest absolute Gasteiger partial charge is 0.183 e. The van der Waals surface area contributed by atoms with Crippen LogP contribution >= 0.6 is 0 Å². The Hall–Kier alpha value is -1.43. The lowest BCUT2D eigenvalue weighted by atomic mass is 9.75. The number of carbonyl (C=O) groups is 1. The van der Waals surface area contributed by atoms with Gasteiger partial charge in [0, 0.05) is 18.7 Å². The second-order valence-electron chi connectivity index (χ2n) is 6.62. The number of hydrogen-bond acceptors (Lipinski definition) is 5. The van der Waals surface area contributed by atoms with Crippen molar-refractivity contribution in [3.8, 4) is 5.75 Å². The van der Waals surface area contributed by atoms with Gasteiger partial charge in [-0.1, -0.05) is 19.3 Å². The van der Waals surface area contributed by atoms with Gasteiger partial charge in [0.05, 0.1) is 25.4 Å². The molecule has 2 fully saturated rings. The first-order valence-electron chi connectivity index (χ1n) is 8.98. The molecule has 24 heavy (non-hydrogen) atoms. The van der Waals surface area contributed by atoms with Crippen LogP contribution in [0.15, 0.2) is 24.3 Å². The van der Waals surface area contributed by atoms with E-state index in [0.29, 0.717) is 19.0 Å². The van der Waals surface area contributed by atoms with Crippen LogP contribution in [-0.4, -0.2) is 60.8 Å². The molecule has 0 aromatic heterocycles. The molecule has 1 aromatic carbocycles. The van der Waals surface area contributed by atoms with Gasteiger partial charge in [0.15, 0.2) is 5.78 Å². The zero-order valence-electron chi connectivity index (χ0n) is 14.2. The number of morpholine rings is 1. The van der Waals surface area contributed by atoms with Crippen molar-refractivity contribution in [1.82, 2.24) is 4.90 Å². The number of ketones is 1. The van der Waals surface area contributed by atoms with Crippen LogP contribution in [0, 0.1) is 0 Å². The Balaban J connectivity index is 1.80. The Kier molecular flexibility index (Phi) is 5.87. The van der Waals surface area contributed by atoms with Crippen LogP contribution in [0.25, 0.3) is 0 Å². The molecule has 1 saturated carbocycles. The molecule has 0 atom stereocenters. The number of rotatable bonds is 6. The maximum Gasteiger partial charge on any atom is 0.183 e. The topological polar surface area (TPSA) is 59.0 Å². The summed E-state index contributed by atoms with van der Waals surface area (Å²) in [6.45, 7) is 3.35. The van der Waals surface area contributed by atoms with Gasteiger partial charge < -0.3 is 14.6 Å². The summed E-state index contributed by atoms with van der Waals surface area (Å²) in [7, 11) is 0. The molecule has 132 valence electrons. The van der Waals surface area contributed by atoms with Crippen LogP contribution in [0.2, 0.25) is 0 Å². The molecule has 2 aliphatic rings. The maximum atomic E-state index is 13.4. The van der Waals surface area contributed by atoms with Crippen LogP contribution in [0.3, 0.4) is 0 Å². The molecule has 0 spiro atoms. The Morgan fingerprint density at radius 2 is 1.79 bits per heavy atom. The van der Waals surface area contributed by atoms with Crippen LogP contribution in [0.4, 0.5) is 0 Å². The van der Waals surface area contributed by atoms with Gasteiger partial charge in [-0.05, 0) is 37.1 Å². The first-order chi connectivity index (χ1) is 11.8. The van der Waals surface area contributed by atoms with E-state index >= 15 is 0 Å². The molecule has 1 aliphatic heterocycles. The molecule has 1 saturated heterocycles. The third-order valence-corrected chi connectivity index (χ3v) is 5.20. The Labute approximate surface area is 143 Å². The number of benzene rings is 1. The number of ether oxygens (including phenoxy) is 2. The highest BCUT2D eigenvalue weighted by molar-refractivity contribution is 6.03. The van der Waals surface area contributed by atoms with Gasteiger partial charge in [0.1, 0.15) is 12.4 Å². The molecule has 0 radical (unpaired) electrons. The summed E-state index contributed by atoms with van der Waals surface area (Å²) in [5, 5.41) is 8.82. The van der Waals surface area contributed by atoms with Gasteiger partial charge in [0.2, 0.25) is 0 Å². The third-order valence-electron chi connectivity index (χ3n) is 5.20. The summed E-state index contributed by atoms with van der Waals surface area (Å²) in [6, 6.07) is 7.34. The number of Topliss-reactive ketones (excluding diaryl/α,β-unsaturated/α-hetero) is 1. The van der Waals surface area contributed by atoms with Gasteiger partial charge in [-0.3, -0.25) is 9.69 Å². The van der Waals surface area contributed by atoms with E-state index in [9.17, 15) is 4.79 Å². The van der Waals surface area contributed by atoms with Crippen LogP contribution < -0.4 is 4.74 Å². The van der Waals surface area contributed by atoms with E-state index in [2.05, 4.69) is 4.90 Å². The third kappa shape index (κ3) is 3.63. The Morgan fingerprint density at radius 3 is 2.42 bits per heavy atom. The molecule has 1 N–H and O–H groups in total. The molecule has 1 aliphatic carbocycles. The molecular formula is C19H27NO4. The van der Waals surface area contributed by atoms with E-state index in [1.807, 2.05) is 24.3 Å². The van der Waals surface area contributed by atoms with E-state index < -0.39 is 0 Å². The van der Waals surface area contributed by atoms with Gasteiger partial charge >= 0.3 is 0 Å². The number of nitrogens with zero attached hydrogens (tertiary/aromatic N) is 1. The normalized spacial score (nSPS) is 21.4. The summed E-state index contributed by atoms with van der Waals surface area (Å²) >= 11 is 0. The molecule has 1 heterocycles. The second kappa shape index (κ2) is 8.10. The summed E-state index contributed by atoms with van der Waals surface area (Å²) in [6.07, 6.45) is 5.32. The Morgan fingerprint density at radius 1 is 1.12 bits per heavy atom. The van der Waals surface area contributed by atoms with Gasteiger partial charge in [-0.25, -0.2) is 0 Å². The quantitative estimate of drug-likeness (QED) is 0.810. The lowest BCUT2D eigenvalue weighted by molar-refractivity contribution is -0.0264. The van der Waals surface area contributed by atoms with E-state index in [-0.39, 0.29) is 24.5 Å². The summed E-state index contributed by atoms with van der Waals surface area (Å²) < 4.78 is 10.9. The van der Waals surface area contributed by atoms with Crippen molar-refractivity contribution in [2.45, 2.75) is 37.6 Å². The summed E-state index contributed by atoms with van der Waals surface area (Å²) in [5.41, 5.74) is 0.384. The molecule has 1 aromatic rings. The first-order valence-corrected chi connectivity index (χ1v) is 8.98. The van der Waals surface area contributed by atoms with Crippen molar-refractivity contribution >= 4 is 5.78 Å². The van der Waals surface area contributed by atoms with Crippen LogP contribution in [0.1, 0.15) is 42.5 Å². The fourth-order valence-electron chi connectivity index (χ4n) is 3.95. The maximum absolute atomic E-state index is 13.4. The molecule has 0 unspecified atom stereocenters. The summed E-state index contributed by atoms with van der Waals surface area (Å²) in [5.74, 6) is 0.919. The molecule has 3 rings (SSSR count). The lowest BCUT2D eigenvalue weighted by Gasteiger charge is -2.46. The second-order valence-corrected chi connectivity index (χ2v) is 6.62. The van der Waals surface area contributed by atoms with E-state index in [0.717, 1.165) is 44.3 Å². The highest BCUT2D eigenvalue weighted by Crippen LogP contribution is 2.37. The van der Waals surface area contributed by atoms with Gasteiger partial charge in [-0.2, -0.15) is 0 Å². The average molecular weight is 333 g/mol. The predicted molar refractivity (Wildman–Crippen MR) is 91.6 cm³/mol. The minimum absolute atomic E-state index is 0.0131. The number of aliphatic hydroxyl groups is 1.